The molecule has 0 heterocycles. The minimum absolute atomic E-state index is 0.0605. The number of carbonyl (C=O) groups excluding carboxylic acids is 3. The lowest BCUT2D eigenvalue weighted by Gasteiger charge is -2.14. The maximum Gasteiger partial charge on any atom is 0.413 e. The van der Waals surface area contributed by atoms with Gasteiger partial charge in [0.25, 0.3) is 5.91 Å². The predicted molar refractivity (Wildman–Crippen MR) is 80.0 cm³/mol. The van der Waals surface area contributed by atoms with Gasteiger partial charge in [-0.2, -0.15) is 0 Å². The molecule has 1 rings (SSSR count). The summed E-state index contributed by atoms with van der Waals surface area (Å²) in [5.74, 6) is -1.14. The van der Waals surface area contributed by atoms with Gasteiger partial charge in [-0.1, -0.05) is 11.6 Å². The van der Waals surface area contributed by atoms with E-state index in [1.54, 1.807) is 0 Å². The summed E-state index contributed by atoms with van der Waals surface area (Å²) in [6, 6.07) is 2.67. The van der Waals surface area contributed by atoms with Gasteiger partial charge in [-0.15, -0.1) is 0 Å². The standard InChI is InChI=1S/C14H16ClNO7/c1-7(12(17)16-14(19)22-4)23-13(18)8-5-9(15)11(21-3)10(6-8)20-2/h5-7H,1-4H3,(H,16,17,19)/t7-/m0/s1. The highest BCUT2D eigenvalue weighted by Crippen LogP contribution is 2.36. The molecule has 1 atom stereocenters. The number of amides is 2. The minimum Gasteiger partial charge on any atom is -0.493 e. The van der Waals surface area contributed by atoms with Crippen molar-refractivity contribution in [2.45, 2.75) is 13.0 Å². The second-order valence-electron chi connectivity index (χ2n) is 4.22. The summed E-state index contributed by atoms with van der Waals surface area (Å²) < 4.78 is 19.4. The van der Waals surface area contributed by atoms with E-state index in [1.807, 2.05) is 5.32 Å². The molecule has 2 amide bonds. The topological polar surface area (TPSA) is 100 Å². The number of rotatable bonds is 5. The fourth-order valence-electron chi connectivity index (χ4n) is 1.57. The molecule has 0 fully saturated rings. The fourth-order valence-corrected chi connectivity index (χ4v) is 1.86. The van der Waals surface area contributed by atoms with Crippen molar-refractivity contribution in [2.75, 3.05) is 21.3 Å². The van der Waals surface area contributed by atoms with Gasteiger partial charge in [-0.25, -0.2) is 9.59 Å². The second-order valence-corrected chi connectivity index (χ2v) is 4.63. The molecule has 0 aliphatic heterocycles. The zero-order valence-corrected chi connectivity index (χ0v) is 13.7. The number of alkyl carbamates (subject to hydrolysis) is 1. The molecule has 8 nitrogen and oxygen atoms in total. The molecule has 0 saturated heterocycles. The average molecular weight is 346 g/mol. The minimum atomic E-state index is -1.21. The Kier molecular flexibility index (Phi) is 6.65. The Morgan fingerprint density at radius 3 is 2.30 bits per heavy atom. The first kappa shape index (κ1) is 18.6. The van der Waals surface area contributed by atoms with Crippen LogP contribution in [0.4, 0.5) is 4.79 Å². The number of imide groups is 1. The number of hydrogen-bond acceptors (Lipinski definition) is 7. The molecule has 9 heteroatoms. The van der Waals surface area contributed by atoms with Crippen molar-refractivity contribution in [1.29, 1.82) is 0 Å². The molecule has 126 valence electrons. The Morgan fingerprint density at radius 2 is 1.78 bits per heavy atom. The third-order valence-electron chi connectivity index (χ3n) is 2.73. The van der Waals surface area contributed by atoms with Crippen LogP contribution in [-0.4, -0.2) is 45.4 Å². The van der Waals surface area contributed by atoms with Crippen LogP contribution in [0.1, 0.15) is 17.3 Å². The smallest absolute Gasteiger partial charge is 0.413 e. The van der Waals surface area contributed by atoms with Gasteiger partial charge in [0.15, 0.2) is 17.6 Å². The first-order chi connectivity index (χ1) is 10.8. The lowest BCUT2D eigenvalue weighted by molar-refractivity contribution is -0.128. The SMILES string of the molecule is COC(=O)NC(=O)[C@H](C)OC(=O)c1cc(Cl)c(OC)c(OC)c1. The average Bonchev–Trinajstić information content (AvgIpc) is 2.53. The number of ether oxygens (including phenoxy) is 4. The van der Waals surface area contributed by atoms with Crippen molar-refractivity contribution < 1.29 is 33.3 Å². The highest BCUT2D eigenvalue weighted by molar-refractivity contribution is 6.32. The molecule has 0 aliphatic rings. The number of halogens is 1. The van der Waals surface area contributed by atoms with Crippen LogP contribution in [0.2, 0.25) is 5.02 Å². The number of benzene rings is 1. The van der Waals surface area contributed by atoms with Gasteiger partial charge in [0, 0.05) is 0 Å². The van der Waals surface area contributed by atoms with E-state index in [0.29, 0.717) is 0 Å². The van der Waals surface area contributed by atoms with Crippen molar-refractivity contribution in [2.24, 2.45) is 0 Å². The Labute approximate surface area is 137 Å². The van der Waals surface area contributed by atoms with Crippen molar-refractivity contribution in [1.82, 2.24) is 5.32 Å². The Balaban J connectivity index is 2.88. The summed E-state index contributed by atoms with van der Waals surface area (Å²) in [5, 5.41) is 2.03. The molecule has 0 spiro atoms. The summed E-state index contributed by atoms with van der Waals surface area (Å²) in [7, 11) is 3.89. The number of esters is 1. The van der Waals surface area contributed by atoms with Crippen LogP contribution >= 0.6 is 11.6 Å². The summed E-state index contributed by atoms with van der Waals surface area (Å²) in [6.45, 7) is 1.30. The molecular formula is C14H16ClNO7. The van der Waals surface area contributed by atoms with Crippen molar-refractivity contribution in [3.8, 4) is 11.5 Å². The Hall–Kier alpha value is -2.48. The molecule has 0 saturated carbocycles. The van der Waals surface area contributed by atoms with Gasteiger partial charge in [0.2, 0.25) is 0 Å². The molecule has 23 heavy (non-hydrogen) atoms. The maximum atomic E-state index is 12.1. The van der Waals surface area contributed by atoms with Crippen LogP contribution in [0.5, 0.6) is 11.5 Å². The molecule has 0 aromatic heterocycles. The number of methoxy groups -OCH3 is 3. The third-order valence-corrected chi connectivity index (χ3v) is 3.01. The molecule has 1 aromatic carbocycles. The van der Waals surface area contributed by atoms with Crippen molar-refractivity contribution in [3.63, 3.8) is 0 Å². The van der Waals surface area contributed by atoms with E-state index in [9.17, 15) is 14.4 Å². The van der Waals surface area contributed by atoms with Gasteiger partial charge in [0.1, 0.15) is 0 Å². The van der Waals surface area contributed by atoms with E-state index in [4.69, 9.17) is 25.8 Å². The van der Waals surface area contributed by atoms with Gasteiger partial charge in [-0.3, -0.25) is 10.1 Å². The number of nitrogens with one attached hydrogen (secondary N) is 1. The van der Waals surface area contributed by atoms with E-state index in [-0.39, 0.29) is 22.1 Å². The summed E-state index contributed by atoms with van der Waals surface area (Å²) in [4.78, 5) is 34.6. The second kappa shape index (κ2) is 8.23. The van der Waals surface area contributed by atoms with E-state index in [1.165, 1.54) is 33.3 Å². The third kappa shape index (κ3) is 4.75. The van der Waals surface area contributed by atoms with Gasteiger partial charge in [0.05, 0.1) is 31.9 Å². The van der Waals surface area contributed by atoms with Crippen LogP contribution in [0.3, 0.4) is 0 Å². The quantitative estimate of drug-likeness (QED) is 0.812. The molecule has 1 aromatic rings. The highest BCUT2D eigenvalue weighted by atomic mass is 35.5. The predicted octanol–water partition coefficient (Wildman–Crippen LogP) is 1.79. The molecule has 0 aliphatic carbocycles. The van der Waals surface area contributed by atoms with Gasteiger partial charge >= 0.3 is 12.1 Å². The maximum absolute atomic E-state index is 12.1. The first-order valence-electron chi connectivity index (χ1n) is 6.35. The largest absolute Gasteiger partial charge is 0.493 e. The zero-order chi connectivity index (χ0) is 17.6. The van der Waals surface area contributed by atoms with Crippen molar-refractivity contribution >= 4 is 29.6 Å². The van der Waals surface area contributed by atoms with E-state index >= 15 is 0 Å². The van der Waals surface area contributed by atoms with E-state index in [2.05, 4.69) is 4.74 Å². The fraction of sp³-hybridized carbons (Fsp3) is 0.357. The molecular weight excluding hydrogens is 330 g/mol. The van der Waals surface area contributed by atoms with E-state index in [0.717, 1.165) is 7.11 Å². The number of carbonyl (C=O) groups is 3. The van der Waals surface area contributed by atoms with Crippen LogP contribution < -0.4 is 14.8 Å². The summed E-state index contributed by atoms with van der Waals surface area (Å²) in [5.41, 5.74) is 0.0605. The Bertz CT molecular complexity index is 617. The molecule has 0 unspecified atom stereocenters. The van der Waals surface area contributed by atoms with Crippen molar-refractivity contribution in [3.05, 3.63) is 22.7 Å². The van der Waals surface area contributed by atoms with Gasteiger partial charge < -0.3 is 18.9 Å². The summed E-state index contributed by atoms with van der Waals surface area (Å²) >= 11 is 5.99. The van der Waals surface area contributed by atoms with E-state index < -0.39 is 24.1 Å². The van der Waals surface area contributed by atoms with Crippen LogP contribution in [-0.2, 0) is 14.3 Å². The normalized spacial score (nSPS) is 11.2. The first-order valence-corrected chi connectivity index (χ1v) is 6.73. The summed E-state index contributed by atoms with van der Waals surface area (Å²) in [6.07, 6.45) is -2.17. The molecule has 1 N–H and O–H groups in total. The lowest BCUT2D eigenvalue weighted by atomic mass is 10.2. The van der Waals surface area contributed by atoms with Crippen LogP contribution in [0.15, 0.2) is 12.1 Å². The zero-order valence-electron chi connectivity index (χ0n) is 13.0. The van der Waals surface area contributed by atoms with Gasteiger partial charge in [-0.05, 0) is 19.1 Å². The number of hydrogen-bond donors (Lipinski definition) is 1. The highest BCUT2D eigenvalue weighted by Gasteiger charge is 2.23. The van der Waals surface area contributed by atoms with Crippen LogP contribution in [0, 0.1) is 0 Å². The monoisotopic (exact) mass is 345 g/mol. The molecule has 0 bridgehead atoms. The molecule has 0 radical (unpaired) electrons. The lowest BCUT2D eigenvalue weighted by Crippen LogP contribution is -2.39. The Morgan fingerprint density at radius 1 is 1.13 bits per heavy atom. The van der Waals surface area contributed by atoms with Crippen LogP contribution in [0.25, 0.3) is 0 Å².